The largest absolute Gasteiger partial charge is 0.463 e. The number of ether oxygens (including phenoxy) is 1. The van der Waals surface area contributed by atoms with Crippen molar-refractivity contribution in [2.45, 2.75) is 25.8 Å². The zero-order chi connectivity index (χ0) is 12.7. The zero-order valence-corrected chi connectivity index (χ0v) is 10.4. The van der Waals surface area contributed by atoms with E-state index in [2.05, 4.69) is 10.2 Å². The molecule has 1 aliphatic heterocycles. The van der Waals surface area contributed by atoms with Gasteiger partial charge in [0.05, 0.1) is 12.6 Å². The molecule has 0 aliphatic carbocycles. The molecule has 1 aliphatic rings. The summed E-state index contributed by atoms with van der Waals surface area (Å²) in [6.07, 6.45) is 5.07. The van der Waals surface area contributed by atoms with Gasteiger partial charge in [0.15, 0.2) is 0 Å². The van der Waals surface area contributed by atoms with Crippen LogP contribution in [0.25, 0.3) is 0 Å². The quantitative estimate of drug-likeness (QED) is 0.555. The molecular weight excluding hydrogens is 220 g/mol. The van der Waals surface area contributed by atoms with Gasteiger partial charge in [0.1, 0.15) is 0 Å². The predicted molar refractivity (Wildman–Crippen MR) is 64.4 cm³/mol. The van der Waals surface area contributed by atoms with Crippen molar-refractivity contribution < 1.29 is 14.3 Å². The van der Waals surface area contributed by atoms with Crippen molar-refractivity contribution in [1.29, 1.82) is 0 Å². The van der Waals surface area contributed by atoms with Gasteiger partial charge < -0.3 is 10.1 Å². The number of carbonyl (C=O) groups excluding carboxylic acids is 2. The van der Waals surface area contributed by atoms with E-state index in [9.17, 15) is 9.59 Å². The number of carbonyl (C=O) groups is 2. The lowest BCUT2D eigenvalue weighted by atomic mass is 10.2. The highest BCUT2D eigenvalue weighted by atomic mass is 16.5. The molecule has 0 aromatic rings. The Morgan fingerprint density at radius 1 is 1.53 bits per heavy atom. The van der Waals surface area contributed by atoms with Gasteiger partial charge in [-0.2, -0.15) is 0 Å². The SMILES string of the molecule is CCOC(=O)/C=C/CN1CCCC1C(=O)NC. The summed E-state index contributed by atoms with van der Waals surface area (Å²) in [7, 11) is 1.65. The first-order valence-corrected chi connectivity index (χ1v) is 5.98. The lowest BCUT2D eigenvalue weighted by Crippen LogP contribution is -2.41. The molecule has 1 unspecified atom stereocenters. The fourth-order valence-electron chi connectivity index (χ4n) is 1.98. The average Bonchev–Trinajstić information content (AvgIpc) is 2.77. The average molecular weight is 240 g/mol. The second kappa shape index (κ2) is 7.06. The number of rotatable bonds is 5. The Morgan fingerprint density at radius 3 is 2.94 bits per heavy atom. The molecule has 1 fully saturated rings. The topological polar surface area (TPSA) is 58.6 Å². The van der Waals surface area contributed by atoms with Crippen molar-refractivity contribution in [1.82, 2.24) is 10.2 Å². The number of hydrogen-bond donors (Lipinski definition) is 1. The molecule has 0 spiro atoms. The standard InChI is InChI=1S/C12H20N2O3/c1-3-17-11(15)7-5-9-14-8-4-6-10(14)12(16)13-2/h5,7,10H,3-4,6,8-9H2,1-2H3,(H,13,16)/b7-5+. The van der Waals surface area contributed by atoms with Crippen molar-refractivity contribution in [2.24, 2.45) is 0 Å². The summed E-state index contributed by atoms with van der Waals surface area (Å²) in [4.78, 5) is 24.7. The molecule has 1 rings (SSSR count). The summed E-state index contributed by atoms with van der Waals surface area (Å²) in [6, 6.07) is -0.0631. The number of likely N-dealkylation sites (tertiary alicyclic amines) is 1. The molecule has 1 amide bonds. The summed E-state index contributed by atoms with van der Waals surface area (Å²) in [5.41, 5.74) is 0. The first-order valence-electron chi connectivity index (χ1n) is 5.98. The Morgan fingerprint density at radius 2 is 2.29 bits per heavy atom. The molecule has 0 aromatic carbocycles. The van der Waals surface area contributed by atoms with E-state index in [0.29, 0.717) is 13.2 Å². The molecule has 0 bridgehead atoms. The lowest BCUT2D eigenvalue weighted by Gasteiger charge is -2.21. The molecule has 0 saturated carbocycles. The summed E-state index contributed by atoms with van der Waals surface area (Å²) >= 11 is 0. The third-order valence-corrected chi connectivity index (χ3v) is 2.79. The predicted octanol–water partition coefficient (Wildman–Crippen LogP) is 0.316. The van der Waals surface area contributed by atoms with Crippen LogP contribution in [0.4, 0.5) is 0 Å². The van der Waals surface area contributed by atoms with E-state index in [4.69, 9.17) is 4.74 Å². The molecule has 0 radical (unpaired) electrons. The van der Waals surface area contributed by atoms with Crippen molar-refractivity contribution in [2.75, 3.05) is 26.7 Å². The summed E-state index contributed by atoms with van der Waals surface area (Å²) in [5.74, 6) is -0.282. The van der Waals surface area contributed by atoms with E-state index in [1.165, 1.54) is 6.08 Å². The van der Waals surface area contributed by atoms with E-state index in [1.54, 1.807) is 20.0 Å². The van der Waals surface area contributed by atoms with Crippen molar-refractivity contribution in [3.63, 3.8) is 0 Å². The van der Waals surface area contributed by atoms with Gasteiger partial charge in [-0.3, -0.25) is 9.69 Å². The molecular formula is C12H20N2O3. The third-order valence-electron chi connectivity index (χ3n) is 2.79. The van der Waals surface area contributed by atoms with Crippen molar-refractivity contribution in [3.05, 3.63) is 12.2 Å². The molecule has 1 N–H and O–H groups in total. The van der Waals surface area contributed by atoms with Gasteiger partial charge in [0, 0.05) is 19.7 Å². The van der Waals surface area contributed by atoms with Gasteiger partial charge in [-0.05, 0) is 26.3 Å². The Labute approximate surface area is 102 Å². The van der Waals surface area contributed by atoms with Crippen LogP contribution < -0.4 is 5.32 Å². The minimum absolute atomic E-state index is 0.0482. The number of nitrogens with one attached hydrogen (secondary N) is 1. The van der Waals surface area contributed by atoms with E-state index >= 15 is 0 Å². The minimum atomic E-state index is -0.330. The minimum Gasteiger partial charge on any atom is -0.463 e. The highest BCUT2D eigenvalue weighted by Crippen LogP contribution is 2.16. The molecule has 96 valence electrons. The Balaban J connectivity index is 2.40. The Bertz CT molecular complexity index is 302. The lowest BCUT2D eigenvalue weighted by molar-refractivity contribution is -0.137. The fourth-order valence-corrected chi connectivity index (χ4v) is 1.98. The monoisotopic (exact) mass is 240 g/mol. The Kier molecular flexibility index (Phi) is 5.69. The van der Waals surface area contributed by atoms with Crippen molar-refractivity contribution in [3.8, 4) is 0 Å². The molecule has 17 heavy (non-hydrogen) atoms. The Hall–Kier alpha value is -1.36. The van der Waals surface area contributed by atoms with Gasteiger partial charge in [-0.1, -0.05) is 6.08 Å². The van der Waals surface area contributed by atoms with Crippen LogP contribution in [0.2, 0.25) is 0 Å². The van der Waals surface area contributed by atoms with Gasteiger partial charge >= 0.3 is 5.97 Å². The highest BCUT2D eigenvalue weighted by Gasteiger charge is 2.28. The second-order valence-corrected chi connectivity index (χ2v) is 3.92. The summed E-state index contributed by atoms with van der Waals surface area (Å²) in [6.45, 7) is 3.66. The van der Waals surface area contributed by atoms with Crippen LogP contribution >= 0.6 is 0 Å². The van der Waals surface area contributed by atoms with Gasteiger partial charge in [-0.25, -0.2) is 4.79 Å². The molecule has 5 nitrogen and oxygen atoms in total. The number of nitrogens with zero attached hydrogens (tertiary/aromatic N) is 1. The van der Waals surface area contributed by atoms with E-state index in [1.807, 2.05) is 0 Å². The molecule has 1 atom stereocenters. The maximum Gasteiger partial charge on any atom is 0.330 e. The molecule has 1 heterocycles. The molecule has 1 saturated heterocycles. The van der Waals surface area contributed by atoms with Gasteiger partial charge in [-0.15, -0.1) is 0 Å². The first kappa shape index (κ1) is 13.7. The van der Waals surface area contributed by atoms with Crippen molar-refractivity contribution >= 4 is 11.9 Å². The maximum atomic E-state index is 11.6. The van der Waals surface area contributed by atoms with E-state index < -0.39 is 0 Å². The smallest absolute Gasteiger partial charge is 0.330 e. The van der Waals surface area contributed by atoms with Crippen LogP contribution in [0.1, 0.15) is 19.8 Å². The van der Waals surface area contributed by atoms with E-state index in [0.717, 1.165) is 19.4 Å². The van der Waals surface area contributed by atoms with E-state index in [-0.39, 0.29) is 17.9 Å². The fraction of sp³-hybridized carbons (Fsp3) is 0.667. The van der Waals surface area contributed by atoms with Crippen LogP contribution in [0.15, 0.2) is 12.2 Å². The summed E-state index contributed by atoms with van der Waals surface area (Å²) < 4.78 is 4.78. The molecule has 0 aromatic heterocycles. The van der Waals surface area contributed by atoms with Crippen LogP contribution in [0.3, 0.4) is 0 Å². The van der Waals surface area contributed by atoms with Crippen LogP contribution in [0, 0.1) is 0 Å². The highest BCUT2D eigenvalue weighted by molar-refractivity contribution is 5.82. The maximum absolute atomic E-state index is 11.6. The summed E-state index contributed by atoms with van der Waals surface area (Å²) in [5, 5.41) is 2.66. The number of esters is 1. The van der Waals surface area contributed by atoms with Crippen LogP contribution in [0.5, 0.6) is 0 Å². The second-order valence-electron chi connectivity index (χ2n) is 3.92. The number of likely N-dealkylation sites (N-methyl/N-ethyl adjacent to an activating group) is 1. The number of hydrogen-bond acceptors (Lipinski definition) is 4. The normalized spacial score (nSPS) is 20.7. The first-order chi connectivity index (χ1) is 8.19. The van der Waals surface area contributed by atoms with Gasteiger partial charge in [0.2, 0.25) is 5.91 Å². The third kappa shape index (κ3) is 4.19. The van der Waals surface area contributed by atoms with Crippen LogP contribution in [-0.4, -0.2) is 49.6 Å². The zero-order valence-electron chi connectivity index (χ0n) is 10.4. The molecule has 5 heteroatoms. The van der Waals surface area contributed by atoms with Crippen LogP contribution in [-0.2, 0) is 14.3 Å². The number of amides is 1. The van der Waals surface area contributed by atoms with Gasteiger partial charge in [0.25, 0.3) is 0 Å².